The second kappa shape index (κ2) is 7.16. The molecule has 2 aromatic heterocycles. The highest BCUT2D eigenvalue weighted by molar-refractivity contribution is 7.93. The van der Waals surface area contributed by atoms with E-state index in [1.54, 1.807) is 36.5 Å². The topological polar surface area (TPSA) is 56.3 Å². The third-order valence-electron chi connectivity index (χ3n) is 4.22. The van der Waals surface area contributed by atoms with Crippen LogP contribution in [0.2, 0.25) is 5.02 Å². The van der Waals surface area contributed by atoms with Gasteiger partial charge in [-0.1, -0.05) is 23.7 Å². The number of hydrogen-bond acceptors (Lipinski definition) is 5. The lowest BCUT2D eigenvalue weighted by molar-refractivity contribution is 0.385. The predicted molar refractivity (Wildman–Crippen MR) is 108 cm³/mol. The monoisotopic (exact) mass is 433 g/mol. The number of benzene rings is 2. The number of hydrogen-bond donors (Lipinski definition) is 0. The molecule has 28 heavy (non-hydrogen) atoms. The molecule has 0 radical (unpaired) electrons. The van der Waals surface area contributed by atoms with E-state index >= 15 is 0 Å². The van der Waals surface area contributed by atoms with Gasteiger partial charge >= 0.3 is 0 Å². The molecule has 0 aliphatic rings. The third-order valence-corrected chi connectivity index (χ3v) is 7.84. The molecule has 2 aromatic carbocycles. The summed E-state index contributed by atoms with van der Waals surface area (Å²) in [4.78, 5) is 4.71. The summed E-state index contributed by atoms with van der Waals surface area (Å²) in [7, 11) is -2.68. The van der Waals surface area contributed by atoms with Crippen LogP contribution in [0.1, 0.15) is 0 Å². The molecule has 0 saturated heterocycles. The quantitative estimate of drug-likeness (QED) is 0.420. The van der Waals surface area contributed by atoms with Crippen molar-refractivity contribution in [2.24, 2.45) is 0 Å². The van der Waals surface area contributed by atoms with Gasteiger partial charge in [0, 0.05) is 22.2 Å². The van der Waals surface area contributed by atoms with E-state index in [-0.39, 0.29) is 14.9 Å². The number of sulfone groups is 1. The first kappa shape index (κ1) is 18.9. The van der Waals surface area contributed by atoms with Gasteiger partial charge in [0.2, 0.25) is 9.84 Å². The summed E-state index contributed by atoms with van der Waals surface area (Å²) in [6.07, 6.45) is 1.60. The maximum absolute atomic E-state index is 14.2. The normalized spacial score (nSPS) is 11.7. The van der Waals surface area contributed by atoms with Crippen LogP contribution in [0.25, 0.3) is 21.3 Å². The van der Waals surface area contributed by atoms with Gasteiger partial charge in [0.05, 0.1) is 12.0 Å². The molecule has 0 fully saturated rings. The Balaban J connectivity index is 2.01. The minimum absolute atomic E-state index is 0.0213. The lowest BCUT2D eigenvalue weighted by atomic mass is 10.1. The van der Waals surface area contributed by atoms with Gasteiger partial charge in [-0.25, -0.2) is 17.8 Å². The summed E-state index contributed by atoms with van der Waals surface area (Å²) in [5, 5.41) is 1.18. The van der Waals surface area contributed by atoms with E-state index in [9.17, 15) is 12.8 Å². The Hall–Kier alpha value is -2.48. The maximum atomic E-state index is 14.2. The summed E-state index contributed by atoms with van der Waals surface area (Å²) in [5.41, 5.74) is 1.16. The van der Waals surface area contributed by atoms with Crippen LogP contribution in [-0.4, -0.2) is 20.5 Å². The van der Waals surface area contributed by atoms with Gasteiger partial charge in [-0.15, -0.1) is 11.3 Å². The van der Waals surface area contributed by atoms with Crippen molar-refractivity contribution in [2.75, 3.05) is 7.11 Å². The van der Waals surface area contributed by atoms with E-state index in [1.165, 1.54) is 19.2 Å². The molecule has 0 aliphatic carbocycles. The smallest absolute Gasteiger partial charge is 0.216 e. The van der Waals surface area contributed by atoms with E-state index in [1.807, 2.05) is 6.07 Å². The number of ether oxygens (including phenoxy) is 1. The van der Waals surface area contributed by atoms with Gasteiger partial charge in [0.15, 0.2) is 11.6 Å². The Labute approximate surface area is 170 Å². The van der Waals surface area contributed by atoms with Crippen molar-refractivity contribution in [3.8, 4) is 16.9 Å². The van der Waals surface area contributed by atoms with Crippen molar-refractivity contribution < 1.29 is 17.5 Å². The van der Waals surface area contributed by atoms with E-state index in [2.05, 4.69) is 4.98 Å². The van der Waals surface area contributed by atoms with Gasteiger partial charge in [-0.2, -0.15) is 0 Å². The van der Waals surface area contributed by atoms with Crippen molar-refractivity contribution in [2.45, 2.75) is 9.10 Å². The summed E-state index contributed by atoms with van der Waals surface area (Å²) in [6.45, 7) is 0. The number of nitrogens with zero attached hydrogens (tertiary/aromatic N) is 1. The number of methoxy groups -OCH3 is 1. The van der Waals surface area contributed by atoms with Crippen LogP contribution in [0.4, 0.5) is 4.39 Å². The maximum Gasteiger partial charge on any atom is 0.216 e. The van der Waals surface area contributed by atoms with Crippen LogP contribution < -0.4 is 4.74 Å². The highest BCUT2D eigenvalue weighted by Crippen LogP contribution is 2.43. The zero-order valence-electron chi connectivity index (χ0n) is 14.5. The SMILES string of the molecule is COc1ccc(S(=O)(=O)c2sc3ncccc3c2-c2cccc(Cl)c2)cc1F. The predicted octanol–water partition coefficient (Wildman–Crippen LogP) is 5.60. The molecule has 4 aromatic rings. The molecular formula is C20H13ClFNO3S2. The number of thiophene rings is 1. The van der Waals surface area contributed by atoms with Gasteiger partial charge in [0.25, 0.3) is 0 Å². The number of halogens is 2. The first-order valence-electron chi connectivity index (χ1n) is 8.14. The molecule has 0 unspecified atom stereocenters. The molecule has 2 heterocycles. The van der Waals surface area contributed by atoms with Crippen LogP contribution in [-0.2, 0) is 9.84 Å². The zero-order valence-corrected chi connectivity index (χ0v) is 16.9. The standard InChI is InChI=1S/C20H13ClFNO3S2/c1-26-17-8-7-14(11-16(17)22)28(24,25)20-18(12-4-2-5-13(21)10-12)15-6-3-9-23-19(15)27-20/h2-11H,1H3. The van der Waals surface area contributed by atoms with Crippen LogP contribution in [0.3, 0.4) is 0 Å². The van der Waals surface area contributed by atoms with Gasteiger partial charge < -0.3 is 4.74 Å². The van der Waals surface area contributed by atoms with E-state index in [0.717, 1.165) is 17.4 Å². The molecule has 0 aliphatic heterocycles. The van der Waals surface area contributed by atoms with Crippen LogP contribution >= 0.6 is 22.9 Å². The van der Waals surface area contributed by atoms with Crippen molar-refractivity contribution in [1.29, 1.82) is 0 Å². The largest absolute Gasteiger partial charge is 0.494 e. The summed E-state index contributed by atoms with van der Waals surface area (Å²) >= 11 is 7.17. The zero-order chi connectivity index (χ0) is 19.9. The summed E-state index contributed by atoms with van der Waals surface area (Å²) in [6, 6.07) is 14.1. The lowest BCUT2D eigenvalue weighted by Crippen LogP contribution is -2.02. The first-order valence-corrected chi connectivity index (χ1v) is 10.8. The molecule has 4 rings (SSSR count). The second-order valence-corrected chi connectivity index (χ2v) is 9.51. The molecule has 8 heteroatoms. The molecule has 0 N–H and O–H groups in total. The van der Waals surface area contributed by atoms with Crippen molar-refractivity contribution in [3.05, 3.63) is 71.6 Å². The fraction of sp³-hybridized carbons (Fsp3) is 0.0500. The summed E-state index contributed by atoms with van der Waals surface area (Å²) < 4.78 is 45.9. The molecule has 0 spiro atoms. The second-order valence-electron chi connectivity index (χ2n) is 5.93. The van der Waals surface area contributed by atoms with Crippen molar-refractivity contribution in [1.82, 2.24) is 4.98 Å². The minimum atomic E-state index is -4.00. The Morgan fingerprint density at radius 2 is 1.93 bits per heavy atom. The highest BCUT2D eigenvalue weighted by Gasteiger charge is 2.28. The van der Waals surface area contributed by atoms with E-state index < -0.39 is 15.7 Å². The Morgan fingerprint density at radius 1 is 1.11 bits per heavy atom. The first-order chi connectivity index (χ1) is 13.4. The fourth-order valence-electron chi connectivity index (χ4n) is 2.94. The average Bonchev–Trinajstić information content (AvgIpc) is 3.08. The fourth-order valence-corrected chi connectivity index (χ4v) is 6.21. The van der Waals surface area contributed by atoms with Crippen molar-refractivity contribution >= 4 is 43.0 Å². The van der Waals surface area contributed by atoms with E-state index in [0.29, 0.717) is 26.4 Å². The Bertz CT molecular complexity index is 1300. The minimum Gasteiger partial charge on any atom is -0.494 e. The van der Waals surface area contributed by atoms with Crippen LogP contribution in [0.5, 0.6) is 5.75 Å². The number of fused-ring (bicyclic) bond motifs is 1. The molecule has 0 atom stereocenters. The Kier molecular flexibility index (Phi) is 4.82. The number of pyridine rings is 1. The van der Waals surface area contributed by atoms with Gasteiger partial charge in [-0.05, 0) is 48.0 Å². The molecule has 0 saturated carbocycles. The van der Waals surface area contributed by atoms with Crippen LogP contribution in [0, 0.1) is 5.82 Å². The average molecular weight is 434 g/mol. The van der Waals surface area contributed by atoms with E-state index in [4.69, 9.17) is 16.3 Å². The lowest BCUT2D eigenvalue weighted by Gasteiger charge is -2.09. The van der Waals surface area contributed by atoms with Gasteiger partial charge in [0.1, 0.15) is 9.04 Å². The molecule has 4 nitrogen and oxygen atoms in total. The molecule has 0 amide bonds. The van der Waals surface area contributed by atoms with Crippen LogP contribution in [0.15, 0.2) is 69.9 Å². The highest BCUT2D eigenvalue weighted by atomic mass is 35.5. The third kappa shape index (κ3) is 3.15. The molecule has 142 valence electrons. The number of rotatable bonds is 4. The van der Waals surface area contributed by atoms with Crippen molar-refractivity contribution in [3.63, 3.8) is 0 Å². The molecular weight excluding hydrogens is 421 g/mol. The Morgan fingerprint density at radius 3 is 2.64 bits per heavy atom. The molecule has 0 bridgehead atoms. The number of aromatic nitrogens is 1. The van der Waals surface area contributed by atoms with Gasteiger partial charge in [-0.3, -0.25) is 0 Å². The summed E-state index contributed by atoms with van der Waals surface area (Å²) in [5.74, 6) is -0.765.